The van der Waals surface area contributed by atoms with Crippen molar-refractivity contribution in [2.45, 2.75) is 38.5 Å². The van der Waals surface area contributed by atoms with Gasteiger partial charge in [-0.15, -0.1) is 0 Å². The van der Waals surface area contributed by atoms with Crippen LogP contribution < -0.4 is 15.0 Å². The summed E-state index contributed by atoms with van der Waals surface area (Å²) < 4.78 is 30.8. The standard InChI is InChI=1S/C26H26ClFN6O2/c1-14-5-6-16-23(32-13-34(16)17-4-2-3-9-35-17)18(14)19-21(27)25-20-24(22(19)28)30-12-31-26(20)33-8-7-29-10-15(33)11-36-25/h5-6,12-13,15,17,29H,2-4,7-11H2,1H3/t15-,17?/m0/s1. The van der Waals surface area contributed by atoms with Crippen LogP contribution in [0.15, 0.2) is 24.8 Å². The van der Waals surface area contributed by atoms with Crippen molar-refractivity contribution < 1.29 is 13.9 Å². The lowest BCUT2D eigenvalue weighted by atomic mass is 9.96. The number of aromatic nitrogens is 4. The van der Waals surface area contributed by atoms with Gasteiger partial charge in [-0.1, -0.05) is 17.7 Å². The third-order valence-electron chi connectivity index (χ3n) is 7.61. The zero-order valence-electron chi connectivity index (χ0n) is 19.9. The highest BCUT2D eigenvalue weighted by atomic mass is 35.5. The van der Waals surface area contributed by atoms with Gasteiger partial charge in [0.2, 0.25) is 0 Å². The zero-order chi connectivity index (χ0) is 24.4. The first-order chi connectivity index (χ1) is 17.6. The highest BCUT2D eigenvalue weighted by Gasteiger charge is 2.34. The Labute approximate surface area is 212 Å². The average Bonchev–Trinajstić information content (AvgIpc) is 3.26. The molecular weight excluding hydrogens is 483 g/mol. The van der Waals surface area contributed by atoms with Gasteiger partial charge in [0.1, 0.15) is 30.5 Å². The van der Waals surface area contributed by atoms with Crippen molar-refractivity contribution in [2.24, 2.45) is 0 Å². The molecule has 4 aromatic rings. The number of hydrogen-bond acceptors (Lipinski definition) is 7. The van der Waals surface area contributed by atoms with Crippen LogP contribution in [0.1, 0.15) is 31.1 Å². The van der Waals surface area contributed by atoms with Crippen molar-refractivity contribution >= 4 is 39.4 Å². The van der Waals surface area contributed by atoms with Gasteiger partial charge in [-0.2, -0.15) is 0 Å². The van der Waals surface area contributed by atoms with Crippen LogP contribution in [0.3, 0.4) is 0 Å². The SMILES string of the molecule is Cc1ccc2c(ncn2C2CCCCO2)c1-c1c(Cl)c2c3c(ncnc3c1F)N1CCNC[C@H]1CO2. The van der Waals surface area contributed by atoms with Crippen LogP contribution in [0.5, 0.6) is 5.75 Å². The highest BCUT2D eigenvalue weighted by Crippen LogP contribution is 2.49. The number of aryl methyl sites for hydroxylation is 1. The molecule has 0 radical (unpaired) electrons. The maximum atomic E-state index is 16.4. The van der Waals surface area contributed by atoms with E-state index in [1.165, 1.54) is 6.33 Å². The summed E-state index contributed by atoms with van der Waals surface area (Å²) in [6.45, 7) is 5.41. The van der Waals surface area contributed by atoms with E-state index in [4.69, 9.17) is 26.1 Å². The van der Waals surface area contributed by atoms with E-state index in [9.17, 15) is 0 Å². The summed E-state index contributed by atoms with van der Waals surface area (Å²) in [5, 5.41) is 4.15. The number of rotatable bonds is 2. The molecule has 2 saturated heterocycles. The van der Waals surface area contributed by atoms with E-state index < -0.39 is 5.82 Å². The fourth-order valence-corrected chi connectivity index (χ4v) is 6.15. The van der Waals surface area contributed by atoms with E-state index in [-0.39, 0.29) is 28.4 Å². The quantitative estimate of drug-likeness (QED) is 0.423. The molecule has 2 aromatic carbocycles. The van der Waals surface area contributed by atoms with Gasteiger partial charge in [0.25, 0.3) is 0 Å². The minimum atomic E-state index is -0.487. The van der Waals surface area contributed by atoms with Crippen molar-refractivity contribution in [3.05, 3.63) is 41.2 Å². The second-order valence-electron chi connectivity index (χ2n) is 9.71. The molecule has 7 rings (SSSR count). The van der Waals surface area contributed by atoms with Crippen LogP contribution in [-0.2, 0) is 4.74 Å². The Morgan fingerprint density at radius 1 is 1.14 bits per heavy atom. The first-order valence-corrected chi connectivity index (χ1v) is 12.8. The summed E-state index contributed by atoms with van der Waals surface area (Å²) in [5.74, 6) is 0.609. The molecule has 0 spiro atoms. The number of ether oxygens (including phenoxy) is 2. The Balaban J connectivity index is 1.47. The second kappa shape index (κ2) is 8.54. The van der Waals surface area contributed by atoms with E-state index in [1.54, 1.807) is 6.33 Å². The number of benzene rings is 2. The van der Waals surface area contributed by atoms with Crippen LogP contribution in [0.2, 0.25) is 5.02 Å². The molecule has 0 saturated carbocycles. The molecule has 8 nitrogen and oxygen atoms in total. The summed E-state index contributed by atoms with van der Waals surface area (Å²) in [6, 6.07) is 4.07. The Bertz CT molecular complexity index is 1500. The Morgan fingerprint density at radius 3 is 2.92 bits per heavy atom. The molecule has 0 aliphatic carbocycles. The lowest BCUT2D eigenvalue weighted by Gasteiger charge is -2.35. The first kappa shape index (κ1) is 22.2. The zero-order valence-corrected chi connectivity index (χ0v) is 20.7. The summed E-state index contributed by atoms with van der Waals surface area (Å²) in [6.07, 6.45) is 6.22. The molecule has 0 amide bonds. The van der Waals surface area contributed by atoms with Crippen LogP contribution in [0.25, 0.3) is 33.1 Å². The number of nitrogens with zero attached hydrogens (tertiary/aromatic N) is 5. The van der Waals surface area contributed by atoms with E-state index in [0.29, 0.717) is 34.6 Å². The first-order valence-electron chi connectivity index (χ1n) is 12.5. The maximum Gasteiger partial charge on any atom is 0.159 e. The van der Waals surface area contributed by atoms with Gasteiger partial charge in [0.05, 0.1) is 33.8 Å². The molecule has 10 heteroatoms. The van der Waals surface area contributed by atoms with E-state index in [1.807, 2.05) is 23.6 Å². The molecule has 2 fully saturated rings. The molecule has 3 aliphatic heterocycles. The van der Waals surface area contributed by atoms with Gasteiger partial charge in [0.15, 0.2) is 11.6 Å². The third kappa shape index (κ3) is 3.22. The molecule has 2 aromatic heterocycles. The third-order valence-corrected chi connectivity index (χ3v) is 7.97. The molecule has 36 heavy (non-hydrogen) atoms. The number of halogens is 2. The van der Waals surface area contributed by atoms with Crippen molar-refractivity contribution in [3.63, 3.8) is 0 Å². The fourth-order valence-electron chi connectivity index (χ4n) is 5.82. The van der Waals surface area contributed by atoms with E-state index >= 15 is 4.39 Å². The molecule has 2 atom stereocenters. The highest BCUT2D eigenvalue weighted by molar-refractivity contribution is 6.37. The number of hydrogen-bond donors (Lipinski definition) is 1. The van der Waals surface area contributed by atoms with Gasteiger partial charge in [-0.25, -0.2) is 19.3 Å². The summed E-state index contributed by atoms with van der Waals surface area (Å²) in [7, 11) is 0. The summed E-state index contributed by atoms with van der Waals surface area (Å²) in [5.41, 5.74) is 3.56. The number of nitrogens with one attached hydrogen (secondary N) is 1. The van der Waals surface area contributed by atoms with Crippen molar-refractivity contribution in [2.75, 3.05) is 37.7 Å². The van der Waals surface area contributed by atoms with Crippen molar-refractivity contribution in [1.82, 2.24) is 24.8 Å². The average molecular weight is 509 g/mol. The van der Waals surface area contributed by atoms with E-state index in [0.717, 1.165) is 56.6 Å². The molecular formula is C26H26ClFN6O2. The smallest absolute Gasteiger partial charge is 0.159 e. The minimum absolute atomic E-state index is 0.0724. The van der Waals surface area contributed by atoms with Crippen molar-refractivity contribution in [3.8, 4) is 16.9 Å². The number of anilines is 1. The Hall–Kier alpha value is -3.01. The van der Waals surface area contributed by atoms with Crippen LogP contribution in [-0.4, -0.2) is 58.4 Å². The van der Waals surface area contributed by atoms with Gasteiger partial charge < -0.3 is 24.3 Å². The summed E-state index contributed by atoms with van der Waals surface area (Å²) >= 11 is 7.02. The van der Waals surface area contributed by atoms with Gasteiger partial charge in [-0.3, -0.25) is 0 Å². The normalized spacial score (nSPS) is 21.9. The predicted molar refractivity (Wildman–Crippen MR) is 136 cm³/mol. The molecule has 5 heterocycles. The fraction of sp³-hybridized carbons (Fsp3) is 0.423. The molecule has 3 aliphatic rings. The summed E-state index contributed by atoms with van der Waals surface area (Å²) in [4.78, 5) is 15.8. The predicted octanol–water partition coefficient (Wildman–Crippen LogP) is 4.62. The molecule has 0 bridgehead atoms. The molecule has 186 valence electrons. The van der Waals surface area contributed by atoms with Crippen LogP contribution >= 0.6 is 11.6 Å². The number of imidazole rings is 1. The monoisotopic (exact) mass is 508 g/mol. The minimum Gasteiger partial charge on any atom is -0.489 e. The second-order valence-corrected chi connectivity index (χ2v) is 10.1. The topological polar surface area (TPSA) is 77.3 Å². The maximum absolute atomic E-state index is 16.4. The van der Waals surface area contributed by atoms with Gasteiger partial charge in [-0.05, 0) is 37.8 Å². The number of fused-ring (bicyclic) bond motifs is 3. The van der Waals surface area contributed by atoms with E-state index in [2.05, 4.69) is 20.2 Å². The molecule has 1 unspecified atom stereocenters. The lowest BCUT2D eigenvalue weighted by molar-refractivity contribution is -0.0295. The van der Waals surface area contributed by atoms with Crippen molar-refractivity contribution in [1.29, 1.82) is 0 Å². The van der Waals surface area contributed by atoms with Gasteiger partial charge in [0, 0.05) is 37.4 Å². The largest absolute Gasteiger partial charge is 0.489 e. The lowest BCUT2D eigenvalue weighted by Crippen LogP contribution is -2.53. The van der Waals surface area contributed by atoms with Crippen LogP contribution in [0, 0.1) is 12.7 Å². The van der Waals surface area contributed by atoms with Gasteiger partial charge >= 0.3 is 0 Å². The number of piperazine rings is 1. The van der Waals surface area contributed by atoms with Crippen LogP contribution in [0.4, 0.5) is 10.2 Å². The Kier molecular flexibility index (Phi) is 5.27. The molecule has 1 N–H and O–H groups in total. The Morgan fingerprint density at radius 2 is 2.06 bits per heavy atom.